The van der Waals surface area contributed by atoms with Crippen LogP contribution in [0.5, 0.6) is 0 Å². The number of aliphatic imine (C=N–C) groups is 1. The molecule has 14 heteroatoms. The normalized spacial score (nSPS) is 12.9. The van der Waals surface area contributed by atoms with Crippen molar-refractivity contribution in [2.75, 3.05) is 12.4 Å². The highest BCUT2D eigenvalue weighted by Gasteiger charge is 2.25. The van der Waals surface area contributed by atoms with Crippen molar-refractivity contribution >= 4 is 55.6 Å². The van der Waals surface area contributed by atoms with E-state index in [0.717, 1.165) is 13.1 Å². The smallest absolute Gasteiger partial charge is 0.300 e. The third-order valence-corrected chi connectivity index (χ3v) is 7.14. The van der Waals surface area contributed by atoms with Crippen molar-refractivity contribution in [2.45, 2.75) is 13.3 Å². The fourth-order valence-electron chi connectivity index (χ4n) is 3.35. The van der Waals surface area contributed by atoms with E-state index >= 15 is 13.2 Å². The minimum absolute atomic E-state index is 0.221. The fraction of sp³-hybridized carbons (Fsp3) is 0.130. The van der Waals surface area contributed by atoms with E-state index in [4.69, 9.17) is 5.73 Å². The number of hydrogen-bond acceptors (Lipinski definition) is 6. The van der Waals surface area contributed by atoms with Crippen LogP contribution in [0.1, 0.15) is 22.8 Å². The van der Waals surface area contributed by atoms with Gasteiger partial charge in [-0.25, -0.2) is 27.3 Å². The van der Waals surface area contributed by atoms with Crippen LogP contribution in [0.3, 0.4) is 0 Å². The first-order chi connectivity index (χ1) is 17.4. The molecule has 37 heavy (non-hydrogen) atoms. The maximum Gasteiger partial charge on any atom is 0.300 e. The molecule has 196 valence electrons. The lowest BCUT2D eigenvalue weighted by molar-refractivity contribution is 0.100. The molecule has 0 bridgehead atoms. The molecule has 1 aromatic heterocycles. The molecule has 8 nitrogen and oxygen atoms in total. The lowest BCUT2D eigenvalue weighted by Gasteiger charge is -2.16. The van der Waals surface area contributed by atoms with Crippen LogP contribution in [0, 0.1) is 17.5 Å². The van der Waals surface area contributed by atoms with Crippen LogP contribution < -0.4 is 20.5 Å². The minimum Gasteiger partial charge on any atom is -0.366 e. The zero-order chi connectivity index (χ0) is 27.5. The maximum absolute atomic E-state index is 15.2. The molecule has 0 spiro atoms. The second kappa shape index (κ2) is 11.1. The molecule has 5 N–H and O–H groups in total. The fourth-order valence-corrected chi connectivity index (χ4v) is 4.64. The Hall–Kier alpha value is -3.75. The number of thiophene rings is 1. The Labute approximate surface area is 213 Å². The maximum atomic E-state index is 15.2. The van der Waals surface area contributed by atoms with Crippen LogP contribution in [0.2, 0.25) is 0 Å². The number of halogens is 4. The summed E-state index contributed by atoms with van der Waals surface area (Å²) in [5, 5.41) is 4.30. The summed E-state index contributed by atoms with van der Waals surface area (Å²) < 4.78 is 88.0. The highest BCUT2D eigenvalue weighted by molar-refractivity contribution is 7.87. The molecule has 2 aromatic carbocycles. The van der Waals surface area contributed by atoms with E-state index in [1.807, 2.05) is 9.44 Å². The van der Waals surface area contributed by atoms with Crippen molar-refractivity contribution in [3.05, 3.63) is 81.5 Å². The highest BCUT2D eigenvalue weighted by Crippen LogP contribution is 2.34. The van der Waals surface area contributed by atoms with Gasteiger partial charge in [0.2, 0.25) is 0 Å². The Morgan fingerprint density at radius 3 is 2.49 bits per heavy atom. The van der Waals surface area contributed by atoms with Gasteiger partial charge in [0.1, 0.15) is 0 Å². The van der Waals surface area contributed by atoms with E-state index in [1.165, 1.54) is 36.5 Å². The summed E-state index contributed by atoms with van der Waals surface area (Å²) in [5.41, 5.74) is 3.16. The predicted molar refractivity (Wildman–Crippen MR) is 136 cm³/mol. The number of hydrogen-bond donors (Lipinski definition) is 4. The van der Waals surface area contributed by atoms with Gasteiger partial charge in [-0.15, -0.1) is 11.3 Å². The number of anilines is 2. The Bertz CT molecular complexity index is 1570. The van der Waals surface area contributed by atoms with Crippen LogP contribution in [0.4, 0.5) is 28.9 Å². The van der Waals surface area contributed by atoms with Gasteiger partial charge in [0, 0.05) is 23.6 Å². The second-order valence-corrected chi connectivity index (χ2v) is 10.0. The van der Waals surface area contributed by atoms with Crippen molar-refractivity contribution in [3.63, 3.8) is 0 Å². The standard InChI is InChI=1S/C23H21F4N5O3S2/c1-4-11(18(25)23(29-2)32-37(34,35)30-3)9-12-10-14(22(28)33)21(20(27)17(12)24)31-15-5-6-16-13(19(15)26)7-8-36-16/h4-8,10,30-32H,2,9H2,1,3H3,(H2,28,33)/b11-4-,23-18-. The van der Waals surface area contributed by atoms with Crippen molar-refractivity contribution in [3.8, 4) is 0 Å². The van der Waals surface area contributed by atoms with E-state index in [-0.39, 0.29) is 16.6 Å². The molecule has 0 saturated heterocycles. The summed E-state index contributed by atoms with van der Waals surface area (Å²) in [5.74, 6) is -6.92. The molecule has 1 amide bonds. The van der Waals surface area contributed by atoms with Crippen molar-refractivity contribution in [2.24, 2.45) is 10.7 Å². The number of fused-ring (bicyclic) bond motifs is 1. The van der Waals surface area contributed by atoms with Gasteiger partial charge in [0.25, 0.3) is 16.1 Å². The zero-order valence-corrected chi connectivity index (χ0v) is 21.1. The van der Waals surface area contributed by atoms with Gasteiger partial charge in [-0.2, -0.15) is 8.42 Å². The van der Waals surface area contributed by atoms with Gasteiger partial charge in [0.15, 0.2) is 29.1 Å². The molecular weight excluding hydrogens is 534 g/mol. The van der Waals surface area contributed by atoms with Gasteiger partial charge in [-0.05, 0) is 54.4 Å². The number of amides is 1. The SMILES string of the molecule is C=N/C(NS(=O)(=O)NC)=C(F)\C(=C/C)Cc1cc(C(N)=O)c(Nc2ccc3sccc3c2F)c(F)c1F. The third-order valence-electron chi connectivity index (χ3n) is 5.25. The molecule has 0 aliphatic carbocycles. The molecule has 3 rings (SSSR count). The first kappa shape index (κ1) is 27.8. The van der Waals surface area contributed by atoms with Crippen LogP contribution in [0.15, 0.2) is 57.9 Å². The molecule has 0 aliphatic heterocycles. The topological polar surface area (TPSA) is 126 Å². The van der Waals surface area contributed by atoms with Crippen LogP contribution >= 0.6 is 11.3 Å². The number of rotatable bonds is 10. The summed E-state index contributed by atoms with van der Waals surface area (Å²) in [7, 11) is -3.09. The molecule has 0 atom stereocenters. The summed E-state index contributed by atoms with van der Waals surface area (Å²) in [6, 6.07) is 5.29. The van der Waals surface area contributed by atoms with E-state index in [2.05, 4.69) is 17.0 Å². The summed E-state index contributed by atoms with van der Waals surface area (Å²) >= 11 is 1.28. The van der Waals surface area contributed by atoms with Gasteiger partial charge in [-0.3, -0.25) is 9.52 Å². The molecular formula is C23H21F4N5O3S2. The largest absolute Gasteiger partial charge is 0.366 e. The van der Waals surface area contributed by atoms with Crippen LogP contribution in [-0.4, -0.2) is 28.1 Å². The average molecular weight is 556 g/mol. The molecule has 3 aromatic rings. The summed E-state index contributed by atoms with van der Waals surface area (Å²) in [4.78, 5) is 15.4. The number of benzene rings is 2. The van der Waals surface area contributed by atoms with E-state index in [1.54, 1.807) is 11.4 Å². The number of primary amides is 1. The molecule has 0 radical (unpaired) electrons. The number of nitrogens with one attached hydrogen (secondary N) is 3. The molecule has 0 unspecified atom stereocenters. The van der Waals surface area contributed by atoms with Crippen LogP contribution in [-0.2, 0) is 16.6 Å². The first-order valence-electron chi connectivity index (χ1n) is 10.4. The van der Waals surface area contributed by atoms with Crippen molar-refractivity contribution in [1.29, 1.82) is 0 Å². The Morgan fingerprint density at radius 1 is 1.19 bits per heavy atom. The Balaban J connectivity index is 2.06. The molecule has 0 aliphatic rings. The average Bonchev–Trinajstić information content (AvgIpc) is 3.35. The highest BCUT2D eigenvalue weighted by atomic mass is 32.2. The van der Waals surface area contributed by atoms with Crippen LogP contribution in [0.25, 0.3) is 10.1 Å². The van der Waals surface area contributed by atoms with Crippen molar-refractivity contribution < 1.29 is 30.8 Å². The van der Waals surface area contributed by atoms with E-state index in [9.17, 15) is 17.6 Å². The zero-order valence-electron chi connectivity index (χ0n) is 19.5. The molecule has 0 saturated carbocycles. The number of carbonyl (C=O) groups is 1. The first-order valence-corrected chi connectivity index (χ1v) is 12.8. The molecule has 1 heterocycles. The minimum atomic E-state index is -4.16. The van der Waals surface area contributed by atoms with E-state index in [0.29, 0.717) is 4.70 Å². The number of nitrogens with zero attached hydrogens (tertiary/aromatic N) is 1. The Kier molecular flexibility index (Phi) is 8.35. The number of nitrogens with two attached hydrogens (primary N) is 1. The quantitative estimate of drug-likeness (QED) is 0.166. The third kappa shape index (κ3) is 5.81. The van der Waals surface area contributed by atoms with Gasteiger partial charge in [-0.1, -0.05) is 6.08 Å². The van der Waals surface area contributed by atoms with Gasteiger partial charge < -0.3 is 11.1 Å². The summed E-state index contributed by atoms with van der Waals surface area (Å²) in [6.45, 7) is 4.47. The predicted octanol–water partition coefficient (Wildman–Crippen LogP) is 4.54. The lowest BCUT2D eigenvalue weighted by atomic mass is 9.98. The number of allylic oxidation sites excluding steroid dienone is 3. The van der Waals surface area contributed by atoms with Gasteiger partial charge in [0.05, 0.1) is 16.9 Å². The lowest BCUT2D eigenvalue weighted by Crippen LogP contribution is -2.33. The summed E-state index contributed by atoms with van der Waals surface area (Å²) in [6.07, 6.45) is 0.550. The second-order valence-electron chi connectivity index (χ2n) is 7.46. The monoisotopic (exact) mass is 555 g/mol. The van der Waals surface area contributed by atoms with Gasteiger partial charge >= 0.3 is 0 Å². The molecule has 0 fully saturated rings. The Morgan fingerprint density at radius 2 is 1.89 bits per heavy atom. The number of carbonyl (C=O) groups excluding carboxylic acids is 1. The van der Waals surface area contributed by atoms with E-state index < -0.39 is 68.5 Å². The van der Waals surface area contributed by atoms with Crippen molar-refractivity contribution in [1.82, 2.24) is 9.44 Å².